The SMILES string of the molecule is O=c1[nH]c(=O)n(Cc2ccc3c(c2)OCCCO3)c2nccc(-c3ccccc3Cl)c12. The van der Waals surface area contributed by atoms with E-state index >= 15 is 0 Å². The van der Waals surface area contributed by atoms with Gasteiger partial charge in [0.1, 0.15) is 5.65 Å². The monoisotopic (exact) mass is 435 g/mol. The van der Waals surface area contributed by atoms with E-state index in [-0.39, 0.29) is 6.54 Å². The number of nitrogens with zero attached hydrogens (tertiary/aromatic N) is 2. The number of nitrogens with one attached hydrogen (secondary N) is 1. The topological polar surface area (TPSA) is 86.2 Å². The molecule has 31 heavy (non-hydrogen) atoms. The van der Waals surface area contributed by atoms with Crippen molar-refractivity contribution in [3.63, 3.8) is 0 Å². The van der Waals surface area contributed by atoms with Crippen molar-refractivity contribution in [3.05, 3.63) is 86.2 Å². The van der Waals surface area contributed by atoms with E-state index in [1.807, 2.05) is 36.4 Å². The van der Waals surface area contributed by atoms with Crippen LogP contribution in [0.3, 0.4) is 0 Å². The van der Waals surface area contributed by atoms with Gasteiger partial charge in [-0.05, 0) is 29.8 Å². The fraction of sp³-hybridized carbons (Fsp3) is 0.174. The van der Waals surface area contributed by atoms with Crippen molar-refractivity contribution in [2.45, 2.75) is 13.0 Å². The lowest BCUT2D eigenvalue weighted by Gasteiger charge is -2.13. The van der Waals surface area contributed by atoms with Crippen molar-refractivity contribution in [1.82, 2.24) is 14.5 Å². The number of halogens is 1. The maximum Gasteiger partial charge on any atom is 0.330 e. The highest BCUT2D eigenvalue weighted by molar-refractivity contribution is 6.33. The zero-order valence-corrected chi connectivity index (χ0v) is 17.2. The first-order valence-corrected chi connectivity index (χ1v) is 10.2. The molecule has 3 heterocycles. The van der Waals surface area contributed by atoms with Crippen molar-refractivity contribution < 1.29 is 9.47 Å². The molecule has 5 rings (SSSR count). The smallest absolute Gasteiger partial charge is 0.330 e. The molecule has 1 aliphatic heterocycles. The molecule has 0 fully saturated rings. The van der Waals surface area contributed by atoms with Gasteiger partial charge in [0.05, 0.1) is 25.1 Å². The van der Waals surface area contributed by atoms with Gasteiger partial charge in [-0.25, -0.2) is 9.78 Å². The van der Waals surface area contributed by atoms with Gasteiger partial charge >= 0.3 is 5.69 Å². The van der Waals surface area contributed by atoms with Crippen LogP contribution in [0.25, 0.3) is 22.2 Å². The van der Waals surface area contributed by atoms with Crippen molar-refractivity contribution in [2.24, 2.45) is 0 Å². The molecule has 0 atom stereocenters. The van der Waals surface area contributed by atoms with E-state index in [4.69, 9.17) is 21.1 Å². The molecule has 0 bridgehead atoms. The predicted octanol–water partition coefficient (Wildman–Crippen LogP) is 3.61. The second-order valence-electron chi connectivity index (χ2n) is 7.21. The molecule has 2 aromatic heterocycles. The molecule has 1 aliphatic rings. The molecule has 0 unspecified atom stereocenters. The zero-order chi connectivity index (χ0) is 21.4. The van der Waals surface area contributed by atoms with Gasteiger partial charge in [0.2, 0.25) is 0 Å². The number of aromatic amines is 1. The van der Waals surface area contributed by atoms with Crippen LogP contribution in [0.4, 0.5) is 0 Å². The second-order valence-corrected chi connectivity index (χ2v) is 7.62. The molecule has 0 saturated heterocycles. The Morgan fingerprint density at radius 2 is 1.81 bits per heavy atom. The molecule has 7 nitrogen and oxygen atoms in total. The Kier molecular flexibility index (Phi) is 4.95. The quantitative estimate of drug-likeness (QED) is 0.531. The first kappa shape index (κ1) is 19.4. The van der Waals surface area contributed by atoms with E-state index in [0.29, 0.717) is 51.9 Å². The highest BCUT2D eigenvalue weighted by Crippen LogP contribution is 2.32. The minimum absolute atomic E-state index is 0.210. The number of H-pyrrole nitrogens is 1. The van der Waals surface area contributed by atoms with E-state index < -0.39 is 11.2 Å². The van der Waals surface area contributed by atoms with Crippen molar-refractivity contribution in [2.75, 3.05) is 13.2 Å². The molecule has 0 amide bonds. The lowest BCUT2D eigenvalue weighted by atomic mass is 10.0. The summed E-state index contributed by atoms with van der Waals surface area (Å²) in [6, 6.07) is 14.5. The van der Waals surface area contributed by atoms with E-state index in [0.717, 1.165) is 12.0 Å². The lowest BCUT2D eigenvalue weighted by molar-refractivity contribution is 0.297. The molecule has 8 heteroatoms. The Hall–Kier alpha value is -3.58. The van der Waals surface area contributed by atoms with Crippen LogP contribution < -0.4 is 20.7 Å². The van der Waals surface area contributed by atoms with Crippen LogP contribution in [0, 0.1) is 0 Å². The zero-order valence-electron chi connectivity index (χ0n) is 16.4. The number of ether oxygens (including phenoxy) is 2. The number of fused-ring (bicyclic) bond motifs is 2. The number of pyridine rings is 1. The molecule has 1 N–H and O–H groups in total. The Morgan fingerprint density at radius 3 is 2.65 bits per heavy atom. The minimum Gasteiger partial charge on any atom is -0.490 e. The lowest BCUT2D eigenvalue weighted by Crippen LogP contribution is -2.31. The maximum absolute atomic E-state index is 12.8. The van der Waals surface area contributed by atoms with E-state index in [1.54, 1.807) is 18.3 Å². The normalized spacial score (nSPS) is 13.2. The summed E-state index contributed by atoms with van der Waals surface area (Å²) in [5.41, 5.74) is 1.39. The van der Waals surface area contributed by atoms with Gasteiger partial charge in [0.25, 0.3) is 5.56 Å². The van der Waals surface area contributed by atoms with Crippen LogP contribution in [0.2, 0.25) is 5.02 Å². The summed E-state index contributed by atoms with van der Waals surface area (Å²) in [5.74, 6) is 1.32. The Bertz CT molecular complexity index is 1410. The predicted molar refractivity (Wildman–Crippen MR) is 118 cm³/mol. The number of aromatic nitrogens is 3. The molecule has 0 aliphatic carbocycles. The summed E-state index contributed by atoms with van der Waals surface area (Å²) in [6.45, 7) is 1.38. The van der Waals surface area contributed by atoms with E-state index in [1.165, 1.54) is 4.57 Å². The number of hydrogen-bond acceptors (Lipinski definition) is 5. The third-order valence-electron chi connectivity index (χ3n) is 5.20. The Balaban J connectivity index is 1.66. The number of hydrogen-bond donors (Lipinski definition) is 1. The highest BCUT2D eigenvalue weighted by atomic mass is 35.5. The van der Waals surface area contributed by atoms with Gasteiger partial charge in [0, 0.05) is 28.8 Å². The first-order chi connectivity index (χ1) is 15.1. The molecule has 156 valence electrons. The largest absolute Gasteiger partial charge is 0.490 e. The van der Waals surface area contributed by atoms with Crippen molar-refractivity contribution >= 4 is 22.6 Å². The van der Waals surface area contributed by atoms with Gasteiger partial charge in [-0.15, -0.1) is 0 Å². The number of benzene rings is 2. The summed E-state index contributed by atoms with van der Waals surface area (Å²) >= 11 is 6.37. The van der Waals surface area contributed by atoms with Gasteiger partial charge < -0.3 is 9.47 Å². The van der Waals surface area contributed by atoms with Crippen molar-refractivity contribution in [3.8, 4) is 22.6 Å². The third kappa shape index (κ3) is 3.57. The molecule has 0 saturated carbocycles. The Labute approximate surface area is 181 Å². The van der Waals surface area contributed by atoms with E-state index in [2.05, 4.69) is 9.97 Å². The molecular weight excluding hydrogens is 418 g/mol. The van der Waals surface area contributed by atoms with Gasteiger partial charge in [-0.1, -0.05) is 35.9 Å². The first-order valence-electron chi connectivity index (χ1n) is 9.87. The van der Waals surface area contributed by atoms with Gasteiger partial charge in [-0.2, -0.15) is 0 Å². The Morgan fingerprint density at radius 1 is 1.00 bits per heavy atom. The molecule has 4 aromatic rings. The van der Waals surface area contributed by atoms with E-state index in [9.17, 15) is 9.59 Å². The fourth-order valence-electron chi connectivity index (χ4n) is 3.74. The minimum atomic E-state index is -0.534. The standard InChI is InChI=1S/C23H18ClN3O4/c24-17-5-2-1-4-15(17)16-8-9-25-21-20(16)22(28)26-23(29)27(21)13-14-6-7-18-19(12-14)31-11-3-10-30-18/h1-2,4-9,12H,3,10-11,13H2,(H,26,28,29). The summed E-state index contributed by atoms with van der Waals surface area (Å²) in [5, 5.41) is 0.819. The fourth-order valence-corrected chi connectivity index (χ4v) is 3.98. The van der Waals surface area contributed by atoms with Crippen LogP contribution in [-0.2, 0) is 6.54 Å². The maximum atomic E-state index is 12.8. The molecule has 0 spiro atoms. The van der Waals surface area contributed by atoms with Crippen LogP contribution in [0.1, 0.15) is 12.0 Å². The van der Waals surface area contributed by atoms with Crippen LogP contribution in [0.15, 0.2) is 64.3 Å². The number of rotatable bonds is 3. The highest BCUT2D eigenvalue weighted by Gasteiger charge is 2.17. The third-order valence-corrected chi connectivity index (χ3v) is 5.53. The molecule has 0 radical (unpaired) electrons. The van der Waals surface area contributed by atoms with Crippen molar-refractivity contribution in [1.29, 1.82) is 0 Å². The average molecular weight is 436 g/mol. The molecular formula is C23H18ClN3O4. The molecule has 2 aromatic carbocycles. The van der Waals surface area contributed by atoms with Gasteiger partial charge in [0.15, 0.2) is 11.5 Å². The summed E-state index contributed by atoms with van der Waals surface area (Å²) in [7, 11) is 0. The van der Waals surface area contributed by atoms with Crippen LogP contribution >= 0.6 is 11.6 Å². The average Bonchev–Trinajstić information content (AvgIpc) is 3.01. The second kappa shape index (κ2) is 7.92. The van der Waals surface area contributed by atoms with Gasteiger partial charge in [-0.3, -0.25) is 14.3 Å². The van der Waals surface area contributed by atoms with Crippen LogP contribution in [0.5, 0.6) is 11.5 Å². The summed E-state index contributed by atoms with van der Waals surface area (Å²) in [4.78, 5) is 32.2. The summed E-state index contributed by atoms with van der Waals surface area (Å²) in [6.07, 6.45) is 2.38. The van der Waals surface area contributed by atoms with Crippen LogP contribution in [-0.4, -0.2) is 27.7 Å². The summed E-state index contributed by atoms with van der Waals surface area (Å²) < 4.78 is 12.9.